The molecule has 0 aromatic heterocycles. The van der Waals surface area contributed by atoms with E-state index >= 15 is 0 Å². The molecular formula is C22H20N6O2S2. The Bertz CT molecular complexity index is 1000. The lowest BCUT2D eigenvalue weighted by molar-refractivity contribution is 0.0932. The molecule has 32 heavy (non-hydrogen) atoms. The first kappa shape index (κ1) is 22.7. The van der Waals surface area contributed by atoms with Gasteiger partial charge in [-0.3, -0.25) is 31.3 Å². The van der Waals surface area contributed by atoms with Crippen LogP contribution in [0.3, 0.4) is 0 Å². The fourth-order valence-corrected chi connectivity index (χ4v) is 2.85. The zero-order chi connectivity index (χ0) is 22.8. The third-order valence-electron chi connectivity index (χ3n) is 4.05. The third-order valence-corrected chi connectivity index (χ3v) is 4.46. The van der Waals surface area contributed by atoms with Crippen LogP contribution in [0.2, 0.25) is 0 Å². The highest BCUT2D eigenvalue weighted by Crippen LogP contribution is 2.06. The maximum Gasteiger partial charge on any atom is 0.269 e. The summed E-state index contributed by atoms with van der Waals surface area (Å²) in [4.78, 5) is 24.5. The average molecular weight is 465 g/mol. The lowest BCUT2D eigenvalue weighted by Crippen LogP contribution is -2.44. The van der Waals surface area contributed by atoms with Crippen LogP contribution >= 0.6 is 24.4 Å². The van der Waals surface area contributed by atoms with Gasteiger partial charge in [0.05, 0.1) is 0 Å². The topological polar surface area (TPSA) is 106 Å². The second-order valence-corrected chi connectivity index (χ2v) is 7.19. The lowest BCUT2D eigenvalue weighted by Gasteiger charge is -2.12. The van der Waals surface area contributed by atoms with Crippen LogP contribution in [0.15, 0.2) is 84.9 Å². The molecule has 8 nitrogen and oxygen atoms in total. The number of rotatable bonds is 4. The van der Waals surface area contributed by atoms with E-state index < -0.39 is 11.8 Å². The number of hydrogen-bond acceptors (Lipinski definition) is 4. The Morgan fingerprint density at radius 2 is 0.844 bits per heavy atom. The molecule has 162 valence electrons. The normalized spacial score (nSPS) is 9.75. The summed E-state index contributed by atoms with van der Waals surface area (Å²) in [5.74, 6) is -0.805. The van der Waals surface area contributed by atoms with Crippen molar-refractivity contribution < 1.29 is 9.59 Å². The monoisotopic (exact) mass is 464 g/mol. The van der Waals surface area contributed by atoms with Crippen molar-refractivity contribution in [3.8, 4) is 0 Å². The molecule has 0 spiro atoms. The summed E-state index contributed by atoms with van der Waals surface area (Å²) in [5, 5.41) is 6.37. The predicted octanol–water partition coefficient (Wildman–Crippen LogP) is 2.95. The Labute approximate surface area is 195 Å². The molecule has 0 aliphatic rings. The predicted molar refractivity (Wildman–Crippen MR) is 133 cm³/mol. The van der Waals surface area contributed by atoms with Crippen LogP contribution in [-0.4, -0.2) is 22.0 Å². The summed E-state index contributed by atoms with van der Waals surface area (Å²) in [5.41, 5.74) is 12.6. The molecule has 3 aromatic carbocycles. The van der Waals surface area contributed by atoms with Crippen LogP contribution in [0.4, 0.5) is 11.4 Å². The van der Waals surface area contributed by atoms with Crippen LogP contribution in [0.25, 0.3) is 0 Å². The minimum Gasteiger partial charge on any atom is -0.331 e. The molecule has 0 unspecified atom stereocenters. The van der Waals surface area contributed by atoms with Gasteiger partial charge in [0.1, 0.15) is 0 Å². The highest BCUT2D eigenvalue weighted by molar-refractivity contribution is 7.80. The molecule has 0 saturated heterocycles. The van der Waals surface area contributed by atoms with E-state index in [1.165, 1.54) is 24.3 Å². The molecule has 0 fully saturated rings. The molecule has 10 heteroatoms. The van der Waals surface area contributed by atoms with Crippen LogP contribution < -0.4 is 32.3 Å². The van der Waals surface area contributed by atoms with E-state index in [-0.39, 0.29) is 10.2 Å². The van der Waals surface area contributed by atoms with Crippen molar-refractivity contribution in [2.24, 2.45) is 0 Å². The lowest BCUT2D eigenvalue weighted by atomic mass is 10.1. The summed E-state index contributed by atoms with van der Waals surface area (Å²) in [6, 6.07) is 24.7. The molecule has 0 saturated carbocycles. The Morgan fingerprint density at radius 3 is 1.19 bits per heavy atom. The summed E-state index contributed by atoms with van der Waals surface area (Å²) >= 11 is 10.3. The number of para-hydroxylation sites is 2. The number of thiocarbonyl (C=S) groups is 2. The highest BCUT2D eigenvalue weighted by atomic mass is 32.1. The molecule has 3 rings (SSSR count). The first-order valence-corrected chi connectivity index (χ1v) is 10.3. The average Bonchev–Trinajstić information content (AvgIpc) is 2.82. The number of nitrogens with one attached hydrogen (secondary N) is 6. The summed E-state index contributed by atoms with van der Waals surface area (Å²) in [7, 11) is 0. The number of carbonyl (C=O) groups is 2. The van der Waals surface area contributed by atoms with Gasteiger partial charge in [0, 0.05) is 22.5 Å². The zero-order valence-electron chi connectivity index (χ0n) is 16.7. The Kier molecular flexibility index (Phi) is 8.07. The first-order valence-electron chi connectivity index (χ1n) is 9.46. The number of anilines is 2. The van der Waals surface area contributed by atoms with E-state index in [9.17, 15) is 9.59 Å². The number of hydrogen-bond donors (Lipinski definition) is 6. The third kappa shape index (κ3) is 7.04. The van der Waals surface area contributed by atoms with Gasteiger partial charge in [-0.2, -0.15) is 0 Å². The van der Waals surface area contributed by atoms with Crippen molar-refractivity contribution in [3.05, 3.63) is 96.1 Å². The van der Waals surface area contributed by atoms with Gasteiger partial charge in [0.2, 0.25) is 0 Å². The van der Waals surface area contributed by atoms with Crippen molar-refractivity contribution in [2.45, 2.75) is 0 Å². The molecule has 6 N–H and O–H groups in total. The van der Waals surface area contributed by atoms with Crippen molar-refractivity contribution in [1.29, 1.82) is 0 Å². The second kappa shape index (κ2) is 11.4. The van der Waals surface area contributed by atoms with Crippen LogP contribution in [0, 0.1) is 0 Å². The minimum absolute atomic E-state index is 0.242. The van der Waals surface area contributed by atoms with Gasteiger partial charge in [0.15, 0.2) is 10.2 Å². The summed E-state index contributed by atoms with van der Waals surface area (Å²) in [6.45, 7) is 0. The van der Waals surface area contributed by atoms with Crippen molar-refractivity contribution in [3.63, 3.8) is 0 Å². The molecular weight excluding hydrogens is 444 g/mol. The number of hydrazine groups is 2. The quantitative estimate of drug-likeness (QED) is 0.259. The molecule has 0 aliphatic heterocycles. The molecule has 2 amide bonds. The molecule has 0 aliphatic carbocycles. The Hall–Kier alpha value is -4.02. The first-order chi connectivity index (χ1) is 15.5. The van der Waals surface area contributed by atoms with Crippen LogP contribution in [0.1, 0.15) is 20.7 Å². The molecule has 0 radical (unpaired) electrons. The van der Waals surface area contributed by atoms with E-state index in [2.05, 4.69) is 32.3 Å². The minimum atomic E-state index is -0.402. The maximum absolute atomic E-state index is 12.3. The van der Waals surface area contributed by atoms with Crippen molar-refractivity contribution in [1.82, 2.24) is 21.7 Å². The molecule has 0 atom stereocenters. The van der Waals surface area contributed by atoms with Crippen LogP contribution in [0.5, 0.6) is 0 Å². The van der Waals surface area contributed by atoms with E-state index in [1.54, 1.807) is 0 Å². The van der Waals surface area contributed by atoms with E-state index in [4.69, 9.17) is 24.4 Å². The Morgan fingerprint density at radius 1 is 0.500 bits per heavy atom. The van der Waals surface area contributed by atoms with E-state index in [0.29, 0.717) is 11.1 Å². The van der Waals surface area contributed by atoms with Crippen LogP contribution in [-0.2, 0) is 0 Å². The number of amides is 2. The fourth-order valence-electron chi connectivity index (χ4n) is 2.51. The van der Waals surface area contributed by atoms with Gasteiger partial charge in [-0.25, -0.2) is 0 Å². The summed E-state index contributed by atoms with van der Waals surface area (Å²) < 4.78 is 0. The van der Waals surface area contributed by atoms with Crippen molar-refractivity contribution >= 4 is 57.8 Å². The fraction of sp³-hybridized carbons (Fsp3) is 0. The standard InChI is InChI=1S/C22H20N6O2S2/c29-19(25-27-21(31)23-17-7-3-1-4-8-17)15-11-13-16(14-12-15)20(30)26-28-22(32)24-18-9-5-2-6-10-18/h1-14H,(H,25,29)(H,26,30)(H2,23,27,31)(H2,24,28,32). The van der Waals surface area contributed by atoms with Gasteiger partial charge in [0.25, 0.3) is 11.8 Å². The van der Waals surface area contributed by atoms with Gasteiger partial charge in [-0.15, -0.1) is 0 Å². The molecule has 3 aromatic rings. The van der Waals surface area contributed by atoms with Crippen molar-refractivity contribution in [2.75, 3.05) is 10.6 Å². The largest absolute Gasteiger partial charge is 0.331 e. The zero-order valence-corrected chi connectivity index (χ0v) is 18.3. The smallest absolute Gasteiger partial charge is 0.269 e. The van der Waals surface area contributed by atoms with Gasteiger partial charge >= 0.3 is 0 Å². The van der Waals surface area contributed by atoms with Gasteiger partial charge in [-0.05, 0) is 73.0 Å². The number of carbonyl (C=O) groups excluding carboxylic acids is 2. The molecule has 0 heterocycles. The molecule has 0 bridgehead atoms. The highest BCUT2D eigenvalue weighted by Gasteiger charge is 2.10. The second-order valence-electron chi connectivity index (χ2n) is 6.38. The van der Waals surface area contributed by atoms with Gasteiger partial charge < -0.3 is 10.6 Å². The summed E-state index contributed by atoms with van der Waals surface area (Å²) in [6.07, 6.45) is 0. The van der Waals surface area contributed by atoms with E-state index in [0.717, 1.165) is 11.4 Å². The van der Waals surface area contributed by atoms with Gasteiger partial charge in [-0.1, -0.05) is 36.4 Å². The maximum atomic E-state index is 12.3. The SMILES string of the molecule is O=C(NNC(=S)Nc1ccccc1)c1ccc(C(=O)NNC(=S)Nc2ccccc2)cc1. The Balaban J connectivity index is 1.44. The van der Waals surface area contributed by atoms with E-state index in [1.807, 2.05) is 60.7 Å². The number of benzene rings is 3.